The van der Waals surface area contributed by atoms with Crippen molar-refractivity contribution in [3.8, 4) is 0 Å². The van der Waals surface area contributed by atoms with Crippen LogP contribution in [0, 0.1) is 0 Å². The van der Waals surface area contributed by atoms with Gasteiger partial charge in [0.1, 0.15) is 5.84 Å². The highest BCUT2D eigenvalue weighted by Gasteiger charge is 2.38. The summed E-state index contributed by atoms with van der Waals surface area (Å²) in [7, 11) is 0. The van der Waals surface area contributed by atoms with Crippen molar-refractivity contribution in [3.63, 3.8) is 0 Å². The lowest BCUT2D eigenvalue weighted by Crippen LogP contribution is -2.36. The van der Waals surface area contributed by atoms with Gasteiger partial charge in [-0.1, -0.05) is 46.4 Å². The second-order valence-electron chi connectivity index (χ2n) is 6.95. The van der Waals surface area contributed by atoms with E-state index >= 15 is 0 Å². The highest BCUT2D eigenvalue weighted by Crippen LogP contribution is 2.39. The van der Waals surface area contributed by atoms with Crippen LogP contribution in [0.4, 0.5) is 11.4 Å². The SMILES string of the molecule is CC1=NCc2c(ccc(Cl)c2Cl)N1.O=C1CC2=Nc3ccc(Cl)c(Cl)c3CN2C1O. The Balaban J connectivity index is 0.000000151. The van der Waals surface area contributed by atoms with Crippen LogP contribution in [-0.4, -0.2) is 33.7 Å². The number of Topliss-reactive ketones (excluding diaryl/α,β-unsaturated/α-hetero) is 1. The summed E-state index contributed by atoms with van der Waals surface area (Å²) < 4.78 is 0. The standard InChI is InChI=1S/C11H8Cl2N2O2.C9H8Cl2N2/c12-6-1-2-7-5(10(6)13)4-15-9(14-7)3-8(16)11(15)17;1-5-12-4-6-8(13-5)3-2-7(10)9(6)11/h1-2,11,17H,3-4H2;2-3H,4H2,1H3,(H,12,13). The minimum atomic E-state index is -1.11. The molecular formula is C20H16Cl4N4O2. The Morgan fingerprint density at radius 3 is 2.47 bits per heavy atom. The number of amidine groups is 2. The molecule has 6 nitrogen and oxygen atoms in total. The quantitative estimate of drug-likeness (QED) is 0.518. The summed E-state index contributed by atoms with van der Waals surface area (Å²) in [6.07, 6.45) is -0.946. The van der Waals surface area contributed by atoms with Crippen LogP contribution in [0.1, 0.15) is 24.5 Å². The molecule has 0 radical (unpaired) electrons. The van der Waals surface area contributed by atoms with Crippen LogP contribution in [0.25, 0.3) is 0 Å². The highest BCUT2D eigenvalue weighted by atomic mass is 35.5. The largest absolute Gasteiger partial charge is 0.367 e. The van der Waals surface area contributed by atoms with E-state index in [1.54, 1.807) is 23.1 Å². The summed E-state index contributed by atoms with van der Waals surface area (Å²) in [6, 6.07) is 7.15. The summed E-state index contributed by atoms with van der Waals surface area (Å²) in [5.41, 5.74) is 3.44. The molecule has 30 heavy (non-hydrogen) atoms. The summed E-state index contributed by atoms with van der Waals surface area (Å²) in [6.45, 7) is 2.89. The average Bonchev–Trinajstić information content (AvgIpc) is 3.00. The highest BCUT2D eigenvalue weighted by molar-refractivity contribution is 6.43. The lowest BCUT2D eigenvalue weighted by Gasteiger charge is -2.27. The molecule has 2 aromatic rings. The summed E-state index contributed by atoms with van der Waals surface area (Å²) in [4.78, 5) is 21.5. The molecule has 156 valence electrons. The number of aliphatic hydroxyl groups is 1. The number of aliphatic imine (C=N–C) groups is 2. The average molecular weight is 486 g/mol. The van der Waals surface area contributed by atoms with Crippen LogP contribution in [0.5, 0.6) is 0 Å². The molecule has 0 bridgehead atoms. The molecule has 2 aromatic carbocycles. The van der Waals surface area contributed by atoms with Gasteiger partial charge in [-0.15, -0.1) is 0 Å². The van der Waals surface area contributed by atoms with Gasteiger partial charge in [0.2, 0.25) is 0 Å². The van der Waals surface area contributed by atoms with Crippen molar-refractivity contribution in [2.75, 3.05) is 5.32 Å². The van der Waals surface area contributed by atoms with E-state index in [0.29, 0.717) is 44.7 Å². The molecule has 0 amide bonds. The van der Waals surface area contributed by atoms with Gasteiger partial charge >= 0.3 is 0 Å². The van der Waals surface area contributed by atoms with E-state index in [9.17, 15) is 9.90 Å². The molecule has 1 fully saturated rings. The fourth-order valence-electron chi connectivity index (χ4n) is 3.39. The number of carbonyl (C=O) groups is 1. The number of hydrogen-bond acceptors (Lipinski definition) is 6. The van der Waals surface area contributed by atoms with Crippen LogP contribution in [0.15, 0.2) is 34.3 Å². The molecule has 0 aliphatic carbocycles. The van der Waals surface area contributed by atoms with E-state index in [4.69, 9.17) is 46.4 Å². The first kappa shape index (κ1) is 21.4. The Kier molecular flexibility index (Phi) is 5.97. The predicted molar refractivity (Wildman–Crippen MR) is 122 cm³/mol. The van der Waals surface area contributed by atoms with Gasteiger partial charge in [-0.3, -0.25) is 9.79 Å². The topological polar surface area (TPSA) is 77.3 Å². The Bertz CT molecular complexity index is 1120. The van der Waals surface area contributed by atoms with Crippen molar-refractivity contribution < 1.29 is 9.90 Å². The van der Waals surface area contributed by atoms with E-state index in [1.807, 2.05) is 13.0 Å². The molecular weight excluding hydrogens is 470 g/mol. The molecule has 1 atom stereocenters. The van der Waals surface area contributed by atoms with Gasteiger partial charge in [0.25, 0.3) is 0 Å². The van der Waals surface area contributed by atoms with Gasteiger partial charge in [-0.05, 0) is 31.2 Å². The van der Waals surface area contributed by atoms with Gasteiger partial charge in [-0.2, -0.15) is 0 Å². The smallest absolute Gasteiger partial charge is 0.189 e. The fourth-order valence-corrected chi connectivity index (χ4v) is 4.19. The maximum Gasteiger partial charge on any atom is 0.189 e. The van der Waals surface area contributed by atoms with E-state index < -0.39 is 6.23 Å². The number of benzene rings is 2. The molecule has 3 heterocycles. The molecule has 3 aliphatic rings. The molecule has 1 saturated heterocycles. The number of rotatable bonds is 0. The van der Waals surface area contributed by atoms with Crippen molar-refractivity contribution in [2.24, 2.45) is 9.98 Å². The van der Waals surface area contributed by atoms with E-state index in [-0.39, 0.29) is 12.2 Å². The van der Waals surface area contributed by atoms with Gasteiger partial charge < -0.3 is 15.3 Å². The molecule has 0 spiro atoms. The monoisotopic (exact) mass is 484 g/mol. The van der Waals surface area contributed by atoms with Gasteiger partial charge in [0.15, 0.2) is 12.0 Å². The maximum atomic E-state index is 11.4. The van der Waals surface area contributed by atoms with Gasteiger partial charge in [0, 0.05) is 16.8 Å². The summed E-state index contributed by atoms with van der Waals surface area (Å²) >= 11 is 23.9. The third-order valence-electron chi connectivity index (χ3n) is 4.98. The van der Waals surface area contributed by atoms with Crippen molar-refractivity contribution in [2.45, 2.75) is 32.7 Å². The van der Waals surface area contributed by atoms with Crippen LogP contribution in [-0.2, 0) is 17.9 Å². The van der Waals surface area contributed by atoms with E-state index in [0.717, 1.165) is 22.6 Å². The zero-order valence-electron chi connectivity index (χ0n) is 15.7. The zero-order valence-corrected chi connectivity index (χ0v) is 18.7. The third kappa shape index (κ3) is 3.90. The molecule has 1 unspecified atom stereocenters. The number of nitrogens with zero attached hydrogens (tertiary/aromatic N) is 3. The number of nitrogens with one attached hydrogen (secondary N) is 1. The minimum Gasteiger partial charge on any atom is -0.367 e. The summed E-state index contributed by atoms with van der Waals surface area (Å²) in [5, 5.41) is 14.9. The lowest BCUT2D eigenvalue weighted by molar-refractivity contribution is -0.129. The second-order valence-corrected chi connectivity index (χ2v) is 8.52. The number of hydrogen-bond donors (Lipinski definition) is 2. The van der Waals surface area contributed by atoms with Gasteiger partial charge in [-0.25, -0.2) is 4.99 Å². The van der Waals surface area contributed by atoms with Crippen molar-refractivity contribution in [1.82, 2.24) is 4.90 Å². The first-order valence-corrected chi connectivity index (χ1v) is 10.5. The minimum absolute atomic E-state index is 0.168. The number of fused-ring (bicyclic) bond motifs is 3. The molecule has 5 rings (SSSR count). The van der Waals surface area contributed by atoms with E-state index in [1.165, 1.54) is 0 Å². The number of aliphatic hydroxyl groups excluding tert-OH is 1. The van der Waals surface area contributed by atoms with Crippen molar-refractivity contribution in [1.29, 1.82) is 0 Å². The Labute approximate surface area is 193 Å². The second kappa shape index (κ2) is 8.36. The number of ketones is 1. The van der Waals surface area contributed by atoms with Gasteiger partial charge in [0.05, 0.1) is 51.1 Å². The van der Waals surface area contributed by atoms with Crippen molar-refractivity contribution in [3.05, 3.63) is 55.5 Å². The first-order chi connectivity index (χ1) is 14.3. The number of halogens is 4. The number of anilines is 1. The zero-order chi connectivity index (χ0) is 21.6. The fraction of sp³-hybridized carbons (Fsp3) is 0.250. The summed E-state index contributed by atoms with van der Waals surface area (Å²) in [5.74, 6) is 1.26. The molecule has 0 aromatic heterocycles. The first-order valence-electron chi connectivity index (χ1n) is 9.03. The van der Waals surface area contributed by atoms with Crippen LogP contribution in [0.2, 0.25) is 20.1 Å². The van der Waals surface area contributed by atoms with Crippen LogP contribution in [0.3, 0.4) is 0 Å². The lowest BCUT2D eigenvalue weighted by atomic mass is 10.1. The Morgan fingerprint density at radius 2 is 1.73 bits per heavy atom. The third-order valence-corrected chi connectivity index (χ3v) is 6.67. The molecule has 2 N–H and O–H groups in total. The van der Waals surface area contributed by atoms with Crippen LogP contribution >= 0.6 is 46.4 Å². The Hall–Kier alpha value is -1.83. The molecule has 10 heteroatoms. The molecule has 3 aliphatic heterocycles. The maximum absolute atomic E-state index is 11.4. The van der Waals surface area contributed by atoms with Crippen LogP contribution < -0.4 is 5.32 Å². The Morgan fingerprint density at radius 1 is 1.07 bits per heavy atom. The normalized spacial score (nSPS) is 18.9. The number of carbonyl (C=O) groups excluding carboxylic acids is 1. The van der Waals surface area contributed by atoms with E-state index in [2.05, 4.69) is 15.3 Å². The van der Waals surface area contributed by atoms with Crippen molar-refractivity contribution >= 4 is 75.2 Å². The predicted octanol–water partition coefficient (Wildman–Crippen LogP) is 5.47. The molecule has 0 saturated carbocycles.